The molecule has 1 atom stereocenters. The highest BCUT2D eigenvalue weighted by Gasteiger charge is 2.48. The molecular formula is C20H30N2O3. The maximum Gasteiger partial charge on any atom is 0.227 e. The lowest BCUT2D eigenvalue weighted by Crippen LogP contribution is -2.41. The van der Waals surface area contributed by atoms with E-state index in [0.29, 0.717) is 12.3 Å². The molecule has 1 aromatic rings. The Bertz CT molecular complexity index is 596. The molecule has 0 unspecified atom stereocenters. The molecule has 1 aromatic carbocycles. The molecule has 0 N–H and O–H groups in total. The number of para-hydroxylation sites is 1. The molecule has 0 aromatic heterocycles. The number of likely N-dealkylation sites (tertiary alicyclic amines) is 1. The van der Waals surface area contributed by atoms with Gasteiger partial charge in [0.25, 0.3) is 0 Å². The van der Waals surface area contributed by atoms with Crippen LogP contribution in [0.15, 0.2) is 24.3 Å². The minimum atomic E-state index is 0.205. The highest BCUT2D eigenvalue weighted by atomic mass is 16.5. The molecule has 1 spiro atoms. The molecule has 2 aliphatic heterocycles. The third kappa shape index (κ3) is 3.98. The second-order valence-electron chi connectivity index (χ2n) is 7.70. The van der Waals surface area contributed by atoms with Gasteiger partial charge in [0.2, 0.25) is 5.91 Å². The van der Waals surface area contributed by atoms with Crippen molar-refractivity contribution in [2.75, 3.05) is 54.1 Å². The van der Waals surface area contributed by atoms with Crippen LogP contribution in [0.5, 0.6) is 5.75 Å². The minimum Gasteiger partial charge on any atom is -0.496 e. The second-order valence-corrected chi connectivity index (χ2v) is 7.70. The van der Waals surface area contributed by atoms with Crippen molar-refractivity contribution < 1.29 is 14.3 Å². The second kappa shape index (κ2) is 7.75. The van der Waals surface area contributed by atoms with Gasteiger partial charge in [-0.15, -0.1) is 0 Å². The van der Waals surface area contributed by atoms with E-state index < -0.39 is 0 Å². The Morgan fingerprint density at radius 3 is 2.72 bits per heavy atom. The van der Waals surface area contributed by atoms with Gasteiger partial charge in [-0.2, -0.15) is 0 Å². The molecule has 25 heavy (non-hydrogen) atoms. The fourth-order valence-corrected chi connectivity index (χ4v) is 4.38. The number of nitrogens with zero attached hydrogens (tertiary/aromatic N) is 2. The van der Waals surface area contributed by atoms with Gasteiger partial charge < -0.3 is 19.3 Å². The van der Waals surface area contributed by atoms with Crippen molar-refractivity contribution in [3.8, 4) is 5.75 Å². The Morgan fingerprint density at radius 2 is 2.04 bits per heavy atom. The number of hydrogen-bond acceptors (Lipinski definition) is 4. The first-order valence-corrected chi connectivity index (χ1v) is 9.16. The SMILES string of the molecule is COc1ccccc1CC(=O)N1C[C@@H](CN(C)C)C2(CCOCC2)C1. The maximum absolute atomic E-state index is 13.0. The lowest BCUT2D eigenvalue weighted by atomic mass is 9.72. The van der Waals surface area contributed by atoms with E-state index in [1.165, 1.54) is 0 Å². The van der Waals surface area contributed by atoms with Crippen LogP contribution in [-0.4, -0.2) is 69.8 Å². The molecule has 5 nitrogen and oxygen atoms in total. The predicted octanol–water partition coefficient (Wildman–Crippen LogP) is 2.05. The highest BCUT2D eigenvalue weighted by molar-refractivity contribution is 5.80. The number of amides is 1. The van der Waals surface area contributed by atoms with E-state index in [0.717, 1.165) is 57.0 Å². The number of hydrogen-bond donors (Lipinski definition) is 0. The standard InChI is InChI=1S/C20H30N2O3/c1-21(2)13-17-14-22(15-20(17)8-10-25-11-9-20)19(23)12-16-6-4-5-7-18(16)24-3/h4-7,17H,8-15H2,1-3H3/t17-/m1/s1. The normalized spacial score (nSPS) is 22.6. The lowest BCUT2D eigenvalue weighted by molar-refractivity contribution is -0.130. The lowest BCUT2D eigenvalue weighted by Gasteiger charge is -2.38. The summed E-state index contributed by atoms with van der Waals surface area (Å²) in [4.78, 5) is 17.3. The summed E-state index contributed by atoms with van der Waals surface area (Å²) in [5, 5.41) is 0. The fraction of sp³-hybridized carbons (Fsp3) is 0.650. The Balaban J connectivity index is 1.72. The first kappa shape index (κ1) is 18.2. The monoisotopic (exact) mass is 346 g/mol. The van der Waals surface area contributed by atoms with Gasteiger partial charge in [0.15, 0.2) is 0 Å². The van der Waals surface area contributed by atoms with E-state index in [2.05, 4.69) is 23.9 Å². The fourth-order valence-electron chi connectivity index (χ4n) is 4.38. The molecule has 5 heteroatoms. The number of ether oxygens (including phenoxy) is 2. The molecule has 1 amide bonds. The Morgan fingerprint density at radius 1 is 1.32 bits per heavy atom. The summed E-state index contributed by atoms with van der Waals surface area (Å²) in [5.41, 5.74) is 1.19. The van der Waals surface area contributed by atoms with Crippen molar-refractivity contribution in [3.05, 3.63) is 29.8 Å². The van der Waals surface area contributed by atoms with E-state index >= 15 is 0 Å². The number of rotatable bonds is 5. The van der Waals surface area contributed by atoms with Crippen LogP contribution < -0.4 is 4.74 Å². The molecule has 2 aliphatic rings. The van der Waals surface area contributed by atoms with Crippen LogP contribution >= 0.6 is 0 Å². The van der Waals surface area contributed by atoms with Gasteiger partial charge in [-0.05, 0) is 44.3 Å². The van der Waals surface area contributed by atoms with Crippen molar-refractivity contribution in [2.45, 2.75) is 19.3 Å². The zero-order chi connectivity index (χ0) is 17.9. The first-order valence-electron chi connectivity index (χ1n) is 9.16. The number of benzene rings is 1. The Kier molecular flexibility index (Phi) is 5.64. The Hall–Kier alpha value is -1.59. The smallest absolute Gasteiger partial charge is 0.227 e. The largest absolute Gasteiger partial charge is 0.496 e. The number of carbonyl (C=O) groups excluding carboxylic acids is 1. The molecule has 2 heterocycles. The minimum absolute atomic E-state index is 0.205. The first-order chi connectivity index (χ1) is 12.0. The summed E-state index contributed by atoms with van der Waals surface area (Å²) in [6.07, 6.45) is 2.53. The van der Waals surface area contributed by atoms with Gasteiger partial charge in [0.1, 0.15) is 5.75 Å². The van der Waals surface area contributed by atoms with Crippen molar-refractivity contribution in [1.82, 2.24) is 9.80 Å². The zero-order valence-corrected chi connectivity index (χ0v) is 15.7. The molecule has 2 fully saturated rings. The quantitative estimate of drug-likeness (QED) is 0.818. The van der Waals surface area contributed by atoms with Crippen molar-refractivity contribution in [2.24, 2.45) is 11.3 Å². The third-order valence-corrected chi connectivity index (χ3v) is 5.77. The average molecular weight is 346 g/mol. The zero-order valence-electron chi connectivity index (χ0n) is 15.7. The van der Waals surface area contributed by atoms with E-state index in [-0.39, 0.29) is 11.3 Å². The van der Waals surface area contributed by atoms with Gasteiger partial charge in [0, 0.05) is 38.4 Å². The van der Waals surface area contributed by atoms with Gasteiger partial charge in [0.05, 0.1) is 13.5 Å². The van der Waals surface area contributed by atoms with Crippen LogP contribution in [0.4, 0.5) is 0 Å². The summed E-state index contributed by atoms with van der Waals surface area (Å²) in [7, 11) is 5.89. The molecular weight excluding hydrogens is 316 g/mol. The van der Waals surface area contributed by atoms with E-state index in [1.54, 1.807) is 7.11 Å². The third-order valence-electron chi connectivity index (χ3n) is 5.77. The molecule has 0 radical (unpaired) electrons. The van der Waals surface area contributed by atoms with E-state index in [9.17, 15) is 4.79 Å². The van der Waals surface area contributed by atoms with Crippen LogP contribution in [0.3, 0.4) is 0 Å². The maximum atomic E-state index is 13.0. The number of methoxy groups -OCH3 is 1. The van der Waals surface area contributed by atoms with Gasteiger partial charge in [-0.1, -0.05) is 18.2 Å². The van der Waals surface area contributed by atoms with Crippen molar-refractivity contribution in [3.63, 3.8) is 0 Å². The summed E-state index contributed by atoms with van der Waals surface area (Å²) in [5.74, 6) is 1.52. The number of carbonyl (C=O) groups is 1. The topological polar surface area (TPSA) is 42.0 Å². The molecule has 0 saturated carbocycles. The van der Waals surface area contributed by atoms with E-state index in [1.807, 2.05) is 24.3 Å². The molecule has 3 rings (SSSR count). The van der Waals surface area contributed by atoms with Crippen LogP contribution in [0.2, 0.25) is 0 Å². The van der Waals surface area contributed by atoms with Gasteiger partial charge >= 0.3 is 0 Å². The van der Waals surface area contributed by atoms with E-state index in [4.69, 9.17) is 9.47 Å². The molecule has 0 aliphatic carbocycles. The van der Waals surface area contributed by atoms with Gasteiger partial charge in [-0.25, -0.2) is 0 Å². The summed E-state index contributed by atoms with van der Waals surface area (Å²) in [6.45, 7) is 4.38. The average Bonchev–Trinajstić information content (AvgIpc) is 2.93. The van der Waals surface area contributed by atoms with Crippen LogP contribution in [0, 0.1) is 11.3 Å². The van der Waals surface area contributed by atoms with Crippen LogP contribution in [0.1, 0.15) is 18.4 Å². The molecule has 0 bridgehead atoms. The molecule has 138 valence electrons. The van der Waals surface area contributed by atoms with Crippen LogP contribution in [-0.2, 0) is 16.0 Å². The van der Waals surface area contributed by atoms with Gasteiger partial charge in [-0.3, -0.25) is 4.79 Å². The summed E-state index contributed by atoms with van der Waals surface area (Å²) >= 11 is 0. The van der Waals surface area contributed by atoms with Crippen molar-refractivity contribution >= 4 is 5.91 Å². The van der Waals surface area contributed by atoms with Crippen LogP contribution in [0.25, 0.3) is 0 Å². The Labute approximate surface area is 150 Å². The summed E-state index contributed by atoms with van der Waals surface area (Å²) in [6, 6.07) is 7.80. The van der Waals surface area contributed by atoms with Crippen molar-refractivity contribution in [1.29, 1.82) is 0 Å². The highest BCUT2D eigenvalue weighted by Crippen LogP contribution is 2.44. The predicted molar refractivity (Wildman–Crippen MR) is 97.8 cm³/mol. The molecule has 2 saturated heterocycles. The summed E-state index contributed by atoms with van der Waals surface area (Å²) < 4.78 is 11.0.